The Morgan fingerprint density at radius 3 is 1.91 bits per heavy atom. The highest BCUT2D eigenvalue weighted by atomic mass is 16.5. The Labute approximate surface area is 130 Å². The monoisotopic (exact) mass is 303 g/mol. The summed E-state index contributed by atoms with van der Waals surface area (Å²) in [5.41, 5.74) is 4.76. The Balaban J connectivity index is 0.000000224. The van der Waals surface area contributed by atoms with Gasteiger partial charge in [0, 0.05) is 34.3 Å². The van der Waals surface area contributed by atoms with Crippen LogP contribution in [-0.2, 0) is 0 Å². The van der Waals surface area contributed by atoms with Crippen molar-refractivity contribution in [1.82, 2.24) is 9.97 Å². The fraction of sp³-hybridized carbons (Fsp3) is 0.267. The van der Waals surface area contributed by atoms with E-state index in [9.17, 15) is 4.79 Å². The maximum atomic E-state index is 10.2. The van der Waals surface area contributed by atoms with Crippen LogP contribution in [0.15, 0.2) is 42.7 Å². The van der Waals surface area contributed by atoms with Crippen LogP contribution >= 0.6 is 0 Å². The van der Waals surface area contributed by atoms with Crippen LogP contribution < -0.4 is 20.3 Å². The van der Waals surface area contributed by atoms with E-state index in [2.05, 4.69) is 14.7 Å². The van der Waals surface area contributed by atoms with E-state index in [1.165, 1.54) is 0 Å². The molecule has 0 spiro atoms. The van der Waals surface area contributed by atoms with Gasteiger partial charge in [-0.3, -0.25) is 0 Å². The summed E-state index contributed by atoms with van der Waals surface area (Å²) in [6.45, 7) is 0. The quantitative estimate of drug-likeness (QED) is 0.930. The number of nitrogens with two attached hydrogens (primary N) is 1. The summed E-state index contributed by atoms with van der Waals surface area (Å²) in [4.78, 5) is 22.3. The molecule has 1 aromatic heterocycles. The maximum Gasteiger partial charge on any atom is 0.409 e. The topological polar surface area (TPSA) is 84.6 Å². The van der Waals surface area contributed by atoms with Gasteiger partial charge in [0.25, 0.3) is 0 Å². The number of amides is 1. The third kappa shape index (κ3) is 6.08. The molecule has 2 rings (SSSR count). The van der Waals surface area contributed by atoms with Crippen molar-refractivity contribution in [2.75, 3.05) is 38.0 Å². The van der Waals surface area contributed by atoms with Crippen molar-refractivity contribution in [3.8, 4) is 5.75 Å². The number of para-hydroxylation sites is 1. The molecular formula is C15H21N5O2. The average Bonchev–Trinajstić information content (AvgIpc) is 2.48. The van der Waals surface area contributed by atoms with Crippen molar-refractivity contribution in [3.05, 3.63) is 42.7 Å². The van der Waals surface area contributed by atoms with Crippen molar-refractivity contribution in [2.24, 2.45) is 5.73 Å². The molecule has 0 aliphatic heterocycles. The van der Waals surface area contributed by atoms with Crippen molar-refractivity contribution in [2.45, 2.75) is 0 Å². The van der Waals surface area contributed by atoms with E-state index in [0.717, 1.165) is 11.6 Å². The second-order valence-corrected chi connectivity index (χ2v) is 4.76. The number of carbonyl (C=O) groups excluding carboxylic acids is 1. The zero-order valence-corrected chi connectivity index (χ0v) is 13.2. The number of aromatic nitrogens is 2. The zero-order valence-electron chi connectivity index (χ0n) is 13.2. The lowest BCUT2D eigenvalue weighted by Gasteiger charge is -2.15. The Morgan fingerprint density at radius 1 is 1.00 bits per heavy atom. The van der Waals surface area contributed by atoms with Gasteiger partial charge in [-0.15, -0.1) is 0 Å². The average molecular weight is 303 g/mol. The van der Waals surface area contributed by atoms with Gasteiger partial charge in [-0.05, 0) is 12.1 Å². The van der Waals surface area contributed by atoms with E-state index < -0.39 is 6.09 Å². The van der Waals surface area contributed by atoms with Crippen molar-refractivity contribution < 1.29 is 9.53 Å². The minimum Gasteiger partial charge on any atom is -0.411 e. The van der Waals surface area contributed by atoms with Crippen LogP contribution in [0.25, 0.3) is 0 Å². The summed E-state index contributed by atoms with van der Waals surface area (Å²) in [7, 11) is 7.84. The van der Waals surface area contributed by atoms with Crippen molar-refractivity contribution in [3.63, 3.8) is 0 Å². The van der Waals surface area contributed by atoms with Gasteiger partial charge in [-0.25, -0.2) is 14.8 Å². The van der Waals surface area contributed by atoms with Gasteiger partial charge in [-0.1, -0.05) is 18.2 Å². The Kier molecular flexibility index (Phi) is 6.62. The van der Waals surface area contributed by atoms with Crippen LogP contribution in [0.4, 0.5) is 16.4 Å². The molecule has 0 saturated carbocycles. The molecule has 0 bridgehead atoms. The molecule has 2 aromatic rings. The molecule has 0 aliphatic rings. The molecule has 0 aliphatic carbocycles. The molecule has 118 valence electrons. The second-order valence-electron chi connectivity index (χ2n) is 4.76. The number of carbonyl (C=O) groups is 1. The summed E-state index contributed by atoms with van der Waals surface area (Å²) in [6, 6.07) is 10.6. The molecule has 1 aromatic carbocycles. The standard InChI is InChI=1S/C8H14N4.C7H7NO2/c1-11(2)7-5-8(12(3)4)10-6-9-7;8-7(9)10-6-4-2-1-3-5-6/h5-6H,1-4H3;1-5H,(H2,8,9). The molecule has 7 nitrogen and oxygen atoms in total. The maximum absolute atomic E-state index is 10.2. The number of primary amides is 1. The SMILES string of the molecule is CN(C)c1cc(N(C)C)ncn1.NC(=O)Oc1ccccc1. The van der Waals surface area contributed by atoms with Crippen LogP contribution in [0.3, 0.4) is 0 Å². The molecule has 0 atom stereocenters. The molecule has 7 heteroatoms. The lowest BCUT2D eigenvalue weighted by atomic mass is 10.3. The lowest BCUT2D eigenvalue weighted by molar-refractivity contribution is 0.211. The summed E-state index contributed by atoms with van der Waals surface area (Å²) in [5.74, 6) is 2.32. The van der Waals surface area contributed by atoms with Crippen LogP contribution in [-0.4, -0.2) is 44.3 Å². The number of hydrogen-bond donors (Lipinski definition) is 1. The van der Waals surface area contributed by atoms with Gasteiger partial charge in [0.2, 0.25) is 0 Å². The van der Waals surface area contributed by atoms with Gasteiger partial charge in [0.05, 0.1) is 0 Å². The fourth-order valence-electron chi connectivity index (χ4n) is 1.43. The smallest absolute Gasteiger partial charge is 0.409 e. The molecular weight excluding hydrogens is 282 g/mol. The van der Waals surface area contributed by atoms with Crippen LogP contribution in [0, 0.1) is 0 Å². The zero-order chi connectivity index (χ0) is 16.5. The first-order valence-corrected chi connectivity index (χ1v) is 6.59. The highest BCUT2D eigenvalue weighted by Crippen LogP contribution is 2.12. The number of hydrogen-bond acceptors (Lipinski definition) is 6. The Bertz CT molecular complexity index is 564. The molecule has 0 fully saturated rings. The Hall–Kier alpha value is -2.83. The number of rotatable bonds is 3. The van der Waals surface area contributed by atoms with Gasteiger partial charge < -0.3 is 20.3 Å². The number of ether oxygens (including phenoxy) is 1. The highest BCUT2D eigenvalue weighted by Gasteiger charge is 2.00. The number of benzene rings is 1. The van der Waals surface area contributed by atoms with Gasteiger partial charge in [-0.2, -0.15) is 0 Å². The molecule has 0 unspecified atom stereocenters. The fourth-order valence-corrected chi connectivity index (χ4v) is 1.43. The molecule has 22 heavy (non-hydrogen) atoms. The van der Waals surface area contributed by atoms with Crippen molar-refractivity contribution >= 4 is 17.7 Å². The highest BCUT2D eigenvalue weighted by molar-refractivity contribution is 5.67. The van der Waals surface area contributed by atoms with Crippen molar-refractivity contribution in [1.29, 1.82) is 0 Å². The van der Waals surface area contributed by atoms with Gasteiger partial charge in [0.1, 0.15) is 23.7 Å². The van der Waals surface area contributed by atoms with Crippen LogP contribution in [0.5, 0.6) is 5.75 Å². The minimum absolute atomic E-state index is 0.468. The van der Waals surface area contributed by atoms with E-state index in [-0.39, 0.29) is 0 Å². The first-order valence-electron chi connectivity index (χ1n) is 6.59. The number of nitrogens with zero attached hydrogens (tertiary/aromatic N) is 4. The van der Waals surface area contributed by atoms with E-state index in [4.69, 9.17) is 5.73 Å². The summed E-state index contributed by atoms with van der Waals surface area (Å²) < 4.78 is 4.55. The molecule has 1 amide bonds. The molecule has 0 saturated heterocycles. The molecule has 0 radical (unpaired) electrons. The molecule has 2 N–H and O–H groups in total. The van der Waals surface area contributed by atoms with Gasteiger partial charge in [0.15, 0.2) is 0 Å². The van der Waals surface area contributed by atoms with Crippen LogP contribution in [0.1, 0.15) is 0 Å². The first kappa shape index (κ1) is 17.2. The van der Waals surface area contributed by atoms with E-state index in [1.54, 1.807) is 30.6 Å². The predicted octanol–water partition coefficient (Wildman–Crippen LogP) is 1.75. The normalized spacial score (nSPS) is 9.27. The van der Waals surface area contributed by atoms with E-state index >= 15 is 0 Å². The first-order chi connectivity index (χ1) is 10.4. The second kappa shape index (κ2) is 8.46. The molecule has 1 heterocycles. The third-order valence-corrected chi connectivity index (χ3v) is 2.52. The lowest BCUT2D eigenvalue weighted by Crippen LogP contribution is -2.15. The summed E-state index contributed by atoms with van der Waals surface area (Å²) in [6.07, 6.45) is 0.788. The van der Waals surface area contributed by atoms with Crippen LogP contribution in [0.2, 0.25) is 0 Å². The largest absolute Gasteiger partial charge is 0.411 e. The third-order valence-electron chi connectivity index (χ3n) is 2.52. The summed E-state index contributed by atoms with van der Waals surface area (Å²) in [5, 5.41) is 0. The minimum atomic E-state index is -0.786. The predicted molar refractivity (Wildman–Crippen MR) is 87.3 cm³/mol. The van der Waals surface area contributed by atoms with E-state index in [0.29, 0.717) is 5.75 Å². The van der Waals surface area contributed by atoms with E-state index in [1.807, 2.05) is 50.1 Å². The summed E-state index contributed by atoms with van der Waals surface area (Å²) >= 11 is 0. The van der Waals surface area contributed by atoms with Gasteiger partial charge >= 0.3 is 6.09 Å². The number of anilines is 2. The Morgan fingerprint density at radius 2 is 1.50 bits per heavy atom.